The molecule has 2 unspecified atom stereocenters. The van der Waals surface area contributed by atoms with E-state index in [-0.39, 0.29) is 6.04 Å². The van der Waals surface area contributed by atoms with Gasteiger partial charge in [0.25, 0.3) is 0 Å². The van der Waals surface area contributed by atoms with Crippen LogP contribution in [0.4, 0.5) is 0 Å². The number of hydrogen-bond acceptors (Lipinski definition) is 2. The molecule has 1 saturated carbocycles. The molecule has 1 N–H and O–H groups in total. The minimum atomic E-state index is 0.147. The van der Waals surface area contributed by atoms with Crippen molar-refractivity contribution >= 4 is 0 Å². The van der Waals surface area contributed by atoms with E-state index < -0.39 is 0 Å². The summed E-state index contributed by atoms with van der Waals surface area (Å²) in [5, 5.41) is 3.83. The van der Waals surface area contributed by atoms with Crippen LogP contribution in [0.25, 0.3) is 0 Å². The van der Waals surface area contributed by atoms with Crippen molar-refractivity contribution in [3.05, 3.63) is 60.1 Å². The van der Waals surface area contributed by atoms with Crippen molar-refractivity contribution in [1.82, 2.24) is 5.32 Å². The molecule has 0 amide bonds. The van der Waals surface area contributed by atoms with Crippen molar-refractivity contribution in [2.24, 2.45) is 5.41 Å². The van der Waals surface area contributed by atoms with Crippen LogP contribution in [0.15, 0.2) is 53.1 Å². The maximum Gasteiger partial charge on any atom is 0.125 e. The van der Waals surface area contributed by atoms with Gasteiger partial charge in [-0.1, -0.05) is 50.6 Å². The Hall–Kier alpha value is -1.54. The lowest BCUT2D eigenvalue weighted by Crippen LogP contribution is -2.40. The Morgan fingerprint density at radius 3 is 2.55 bits per heavy atom. The molecular weight excluding hydrogens is 246 g/mol. The lowest BCUT2D eigenvalue weighted by molar-refractivity contribution is 0.262. The second-order valence-corrected chi connectivity index (χ2v) is 6.46. The predicted molar refractivity (Wildman–Crippen MR) is 81.5 cm³/mol. The van der Waals surface area contributed by atoms with E-state index in [9.17, 15) is 0 Å². The average Bonchev–Trinajstić information content (AvgIpc) is 3.07. The standard InChI is InChI=1S/C18H23NO/c1-18(2)12-6-11-16(18)19-17(15-10-7-13-20-15)14-8-4-3-5-9-14/h3-5,7-10,13,16-17,19H,6,11-12H2,1-2H3. The highest BCUT2D eigenvalue weighted by atomic mass is 16.3. The van der Waals surface area contributed by atoms with Gasteiger partial charge >= 0.3 is 0 Å². The highest BCUT2D eigenvalue weighted by Gasteiger charge is 2.36. The predicted octanol–water partition coefficient (Wildman–Crippen LogP) is 4.54. The molecular formula is C18H23NO. The Morgan fingerprint density at radius 1 is 1.15 bits per heavy atom. The Labute approximate surface area is 121 Å². The summed E-state index contributed by atoms with van der Waals surface area (Å²) in [6.45, 7) is 4.73. The van der Waals surface area contributed by atoms with Crippen LogP contribution in [-0.4, -0.2) is 6.04 Å². The summed E-state index contributed by atoms with van der Waals surface area (Å²) >= 11 is 0. The van der Waals surface area contributed by atoms with E-state index in [0.717, 1.165) is 5.76 Å². The molecule has 2 atom stereocenters. The summed E-state index contributed by atoms with van der Waals surface area (Å²) in [6, 6.07) is 15.3. The fourth-order valence-electron chi connectivity index (χ4n) is 3.28. The molecule has 0 radical (unpaired) electrons. The van der Waals surface area contributed by atoms with Crippen molar-refractivity contribution in [3.8, 4) is 0 Å². The molecule has 0 saturated heterocycles. The smallest absolute Gasteiger partial charge is 0.125 e. The highest BCUT2D eigenvalue weighted by Crippen LogP contribution is 2.39. The van der Waals surface area contributed by atoms with Crippen LogP contribution in [0.1, 0.15) is 50.5 Å². The quantitative estimate of drug-likeness (QED) is 0.881. The van der Waals surface area contributed by atoms with Gasteiger partial charge in [-0.3, -0.25) is 0 Å². The SMILES string of the molecule is CC1(C)CCCC1NC(c1ccccc1)c1ccco1. The molecule has 2 nitrogen and oxygen atoms in total. The second kappa shape index (κ2) is 5.45. The van der Waals surface area contributed by atoms with Crippen LogP contribution in [0.2, 0.25) is 0 Å². The van der Waals surface area contributed by atoms with Gasteiger partial charge in [-0.15, -0.1) is 0 Å². The van der Waals surface area contributed by atoms with E-state index in [0.29, 0.717) is 11.5 Å². The van der Waals surface area contributed by atoms with Crippen LogP contribution in [0, 0.1) is 5.41 Å². The summed E-state index contributed by atoms with van der Waals surface area (Å²) in [5.41, 5.74) is 1.63. The number of rotatable bonds is 4. The zero-order chi connectivity index (χ0) is 14.0. The summed E-state index contributed by atoms with van der Waals surface area (Å²) < 4.78 is 5.67. The number of nitrogens with one attached hydrogen (secondary N) is 1. The molecule has 106 valence electrons. The zero-order valence-corrected chi connectivity index (χ0v) is 12.3. The first-order valence-electron chi connectivity index (χ1n) is 7.51. The van der Waals surface area contributed by atoms with Crippen LogP contribution < -0.4 is 5.32 Å². The maximum atomic E-state index is 5.67. The normalized spacial score (nSPS) is 22.8. The van der Waals surface area contributed by atoms with Crippen molar-refractivity contribution in [2.45, 2.75) is 45.2 Å². The van der Waals surface area contributed by atoms with Crippen molar-refractivity contribution < 1.29 is 4.42 Å². The lowest BCUT2D eigenvalue weighted by atomic mass is 9.86. The van der Waals surface area contributed by atoms with Gasteiger partial charge in [-0.25, -0.2) is 0 Å². The van der Waals surface area contributed by atoms with Gasteiger partial charge in [0, 0.05) is 6.04 Å². The van der Waals surface area contributed by atoms with Gasteiger partial charge in [0.1, 0.15) is 5.76 Å². The van der Waals surface area contributed by atoms with Gasteiger partial charge < -0.3 is 9.73 Å². The Balaban J connectivity index is 1.87. The molecule has 1 heterocycles. The van der Waals surface area contributed by atoms with Gasteiger partial charge in [0.15, 0.2) is 0 Å². The lowest BCUT2D eigenvalue weighted by Gasteiger charge is -2.31. The summed E-state index contributed by atoms with van der Waals surface area (Å²) in [4.78, 5) is 0. The first-order valence-corrected chi connectivity index (χ1v) is 7.51. The molecule has 0 aliphatic heterocycles. The molecule has 3 rings (SSSR count). The van der Waals surface area contributed by atoms with Crippen molar-refractivity contribution in [2.75, 3.05) is 0 Å². The molecule has 2 heteroatoms. The molecule has 1 aliphatic carbocycles. The molecule has 0 spiro atoms. The van der Waals surface area contributed by atoms with E-state index in [4.69, 9.17) is 4.42 Å². The number of benzene rings is 1. The summed E-state index contributed by atoms with van der Waals surface area (Å²) in [6.07, 6.45) is 5.61. The summed E-state index contributed by atoms with van der Waals surface area (Å²) in [5.74, 6) is 0.999. The zero-order valence-electron chi connectivity index (χ0n) is 12.3. The topological polar surface area (TPSA) is 25.2 Å². The van der Waals surface area contributed by atoms with Crippen LogP contribution in [0.3, 0.4) is 0 Å². The van der Waals surface area contributed by atoms with Gasteiger partial charge in [-0.05, 0) is 36.0 Å². The van der Waals surface area contributed by atoms with E-state index in [1.54, 1.807) is 6.26 Å². The van der Waals surface area contributed by atoms with E-state index in [1.165, 1.54) is 24.8 Å². The van der Waals surface area contributed by atoms with Crippen LogP contribution in [-0.2, 0) is 0 Å². The van der Waals surface area contributed by atoms with Crippen molar-refractivity contribution in [1.29, 1.82) is 0 Å². The molecule has 1 aromatic heterocycles. The molecule has 1 aliphatic rings. The van der Waals surface area contributed by atoms with E-state index in [2.05, 4.69) is 55.6 Å². The fourth-order valence-corrected chi connectivity index (χ4v) is 3.28. The Kier molecular flexibility index (Phi) is 3.66. The largest absolute Gasteiger partial charge is 0.467 e. The molecule has 1 aromatic carbocycles. The first kappa shape index (κ1) is 13.4. The monoisotopic (exact) mass is 269 g/mol. The molecule has 0 bridgehead atoms. The third kappa shape index (κ3) is 2.66. The fraction of sp³-hybridized carbons (Fsp3) is 0.444. The first-order chi connectivity index (χ1) is 9.67. The van der Waals surface area contributed by atoms with Crippen molar-refractivity contribution in [3.63, 3.8) is 0 Å². The molecule has 1 fully saturated rings. The molecule has 2 aromatic rings. The second-order valence-electron chi connectivity index (χ2n) is 6.46. The van der Waals surface area contributed by atoms with Gasteiger partial charge in [0.2, 0.25) is 0 Å². The number of hydrogen-bond donors (Lipinski definition) is 1. The van der Waals surface area contributed by atoms with Gasteiger partial charge in [-0.2, -0.15) is 0 Å². The Bertz CT molecular complexity index is 530. The minimum absolute atomic E-state index is 0.147. The third-order valence-corrected chi connectivity index (χ3v) is 4.59. The molecule has 20 heavy (non-hydrogen) atoms. The van der Waals surface area contributed by atoms with E-state index in [1.807, 2.05) is 6.07 Å². The minimum Gasteiger partial charge on any atom is -0.467 e. The maximum absolute atomic E-state index is 5.67. The van der Waals surface area contributed by atoms with Crippen LogP contribution in [0.5, 0.6) is 0 Å². The number of furan rings is 1. The summed E-state index contributed by atoms with van der Waals surface area (Å²) in [7, 11) is 0. The average molecular weight is 269 g/mol. The van der Waals surface area contributed by atoms with Crippen LogP contribution >= 0.6 is 0 Å². The third-order valence-electron chi connectivity index (χ3n) is 4.59. The van der Waals surface area contributed by atoms with E-state index >= 15 is 0 Å². The van der Waals surface area contributed by atoms with Gasteiger partial charge in [0.05, 0.1) is 12.3 Å². The Morgan fingerprint density at radius 2 is 1.95 bits per heavy atom. The highest BCUT2D eigenvalue weighted by molar-refractivity contribution is 5.26.